The van der Waals surface area contributed by atoms with E-state index in [-0.39, 0.29) is 0 Å². The summed E-state index contributed by atoms with van der Waals surface area (Å²) in [7, 11) is 0. The van der Waals surface area contributed by atoms with Crippen LogP contribution in [0.5, 0.6) is 0 Å². The number of allylic oxidation sites excluding steroid dienone is 1. The van der Waals surface area contributed by atoms with Crippen molar-refractivity contribution in [2.24, 2.45) is 5.92 Å². The van der Waals surface area contributed by atoms with Crippen LogP contribution < -0.4 is 0 Å². The van der Waals surface area contributed by atoms with Crippen LogP contribution in [0, 0.1) is 5.92 Å². The van der Waals surface area contributed by atoms with Crippen LogP contribution in [0.4, 0.5) is 0 Å². The molecule has 1 aliphatic carbocycles. The lowest BCUT2D eigenvalue weighted by Gasteiger charge is -2.11. The van der Waals surface area contributed by atoms with Crippen LogP contribution >= 0.6 is 0 Å². The molecule has 0 N–H and O–H groups in total. The standard InChI is InChI=1S/C13H16/c1-2-12(10-11-8-9-11)13-6-4-3-5-7-13/h2-7,11-12H,1,8-10H2. The molecule has 1 aromatic rings. The van der Waals surface area contributed by atoms with E-state index in [1.807, 2.05) is 0 Å². The molecule has 0 aliphatic heterocycles. The van der Waals surface area contributed by atoms with E-state index in [0.29, 0.717) is 5.92 Å². The van der Waals surface area contributed by atoms with Crippen LogP contribution in [0.3, 0.4) is 0 Å². The van der Waals surface area contributed by atoms with Gasteiger partial charge in [0.1, 0.15) is 0 Å². The minimum Gasteiger partial charge on any atom is -0.102 e. The Morgan fingerprint density at radius 1 is 1.31 bits per heavy atom. The molecule has 0 heterocycles. The quantitative estimate of drug-likeness (QED) is 0.607. The molecule has 0 nitrogen and oxygen atoms in total. The molecule has 13 heavy (non-hydrogen) atoms. The van der Waals surface area contributed by atoms with Gasteiger partial charge in [-0.05, 0) is 17.9 Å². The third kappa shape index (κ3) is 2.21. The number of hydrogen-bond donors (Lipinski definition) is 0. The zero-order valence-electron chi connectivity index (χ0n) is 7.95. The van der Waals surface area contributed by atoms with E-state index < -0.39 is 0 Å². The van der Waals surface area contributed by atoms with Gasteiger partial charge in [-0.25, -0.2) is 0 Å². The first-order valence-electron chi connectivity index (χ1n) is 5.07. The van der Waals surface area contributed by atoms with Crippen molar-refractivity contribution in [2.45, 2.75) is 25.2 Å². The molecule has 0 saturated heterocycles. The SMILES string of the molecule is C=CC(CC1CC1)c1ccccc1. The van der Waals surface area contributed by atoms with Crippen molar-refractivity contribution in [2.75, 3.05) is 0 Å². The lowest BCUT2D eigenvalue weighted by Crippen LogP contribution is -1.95. The average molecular weight is 172 g/mol. The maximum absolute atomic E-state index is 3.92. The van der Waals surface area contributed by atoms with Gasteiger partial charge in [0.25, 0.3) is 0 Å². The first kappa shape index (κ1) is 8.55. The van der Waals surface area contributed by atoms with Gasteiger partial charge in [0.15, 0.2) is 0 Å². The summed E-state index contributed by atoms with van der Waals surface area (Å²) in [6, 6.07) is 10.7. The van der Waals surface area contributed by atoms with Gasteiger partial charge < -0.3 is 0 Å². The van der Waals surface area contributed by atoms with Crippen LogP contribution in [-0.2, 0) is 0 Å². The Balaban J connectivity index is 2.06. The van der Waals surface area contributed by atoms with E-state index in [2.05, 4.69) is 43.0 Å². The zero-order valence-corrected chi connectivity index (χ0v) is 7.95. The zero-order chi connectivity index (χ0) is 9.10. The highest BCUT2D eigenvalue weighted by Crippen LogP contribution is 2.38. The summed E-state index contributed by atoms with van der Waals surface area (Å²) in [4.78, 5) is 0. The molecule has 1 fully saturated rings. The molecule has 0 spiro atoms. The molecule has 0 bridgehead atoms. The summed E-state index contributed by atoms with van der Waals surface area (Å²) < 4.78 is 0. The first-order chi connectivity index (χ1) is 6.40. The van der Waals surface area contributed by atoms with Gasteiger partial charge in [0, 0.05) is 5.92 Å². The maximum Gasteiger partial charge on any atom is 0.00179 e. The Morgan fingerprint density at radius 3 is 2.54 bits per heavy atom. The highest BCUT2D eigenvalue weighted by Gasteiger charge is 2.24. The summed E-state index contributed by atoms with van der Waals surface area (Å²) in [6.07, 6.45) is 6.25. The molecule has 2 rings (SSSR count). The Kier molecular flexibility index (Phi) is 2.49. The van der Waals surface area contributed by atoms with Crippen LogP contribution in [0.2, 0.25) is 0 Å². The van der Waals surface area contributed by atoms with E-state index in [1.54, 1.807) is 0 Å². The Bertz CT molecular complexity index is 269. The fraction of sp³-hybridized carbons (Fsp3) is 0.385. The fourth-order valence-electron chi connectivity index (χ4n) is 1.78. The fourth-order valence-corrected chi connectivity index (χ4v) is 1.78. The van der Waals surface area contributed by atoms with Crippen LogP contribution in [-0.4, -0.2) is 0 Å². The minimum absolute atomic E-state index is 0.577. The molecule has 0 radical (unpaired) electrons. The van der Waals surface area contributed by atoms with E-state index >= 15 is 0 Å². The molecule has 1 aliphatic rings. The third-order valence-corrected chi connectivity index (χ3v) is 2.80. The second kappa shape index (κ2) is 3.78. The van der Waals surface area contributed by atoms with Crippen molar-refractivity contribution in [1.82, 2.24) is 0 Å². The molecule has 0 amide bonds. The number of rotatable bonds is 4. The number of benzene rings is 1. The molecule has 0 heteroatoms. The Labute approximate surface area is 80.3 Å². The lowest BCUT2D eigenvalue weighted by atomic mass is 9.94. The van der Waals surface area contributed by atoms with E-state index in [4.69, 9.17) is 0 Å². The summed E-state index contributed by atoms with van der Waals surface area (Å²) in [6.45, 7) is 3.92. The van der Waals surface area contributed by atoms with Crippen LogP contribution in [0.25, 0.3) is 0 Å². The van der Waals surface area contributed by atoms with Gasteiger partial charge in [-0.1, -0.05) is 49.2 Å². The monoisotopic (exact) mass is 172 g/mol. The molecule has 1 saturated carbocycles. The van der Waals surface area contributed by atoms with Crippen molar-refractivity contribution in [3.63, 3.8) is 0 Å². The topological polar surface area (TPSA) is 0 Å². The van der Waals surface area contributed by atoms with E-state index in [9.17, 15) is 0 Å². The highest BCUT2D eigenvalue weighted by molar-refractivity contribution is 5.23. The van der Waals surface area contributed by atoms with Crippen LogP contribution in [0.15, 0.2) is 43.0 Å². The molecule has 1 aromatic carbocycles. The number of hydrogen-bond acceptors (Lipinski definition) is 0. The molecule has 68 valence electrons. The van der Waals surface area contributed by atoms with Crippen molar-refractivity contribution < 1.29 is 0 Å². The third-order valence-electron chi connectivity index (χ3n) is 2.80. The summed E-state index contributed by atoms with van der Waals surface area (Å²) >= 11 is 0. The molecule has 0 aromatic heterocycles. The normalized spacial score (nSPS) is 18.2. The second-order valence-corrected chi connectivity index (χ2v) is 3.93. The van der Waals surface area contributed by atoms with E-state index in [1.165, 1.54) is 24.8 Å². The van der Waals surface area contributed by atoms with Gasteiger partial charge in [-0.3, -0.25) is 0 Å². The summed E-state index contributed by atoms with van der Waals surface area (Å²) in [5, 5.41) is 0. The van der Waals surface area contributed by atoms with Gasteiger partial charge >= 0.3 is 0 Å². The van der Waals surface area contributed by atoms with Crippen molar-refractivity contribution in [1.29, 1.82) is 0 Å². The molecular formula is C13H16. The Morgan fingerprint density at radius 2 is 2.00 bits per heavy atom. The summed E-state index contributed by atoms with van der Waals surface area (Å²) in [5.74, 6) is 1.55. The Hall–Kier alpha value is -1.04. The van der Waals surface area contributed by atoms with Crippen molar-refractivity contribution in [3.8, 4) is 0 Å². The van der Waals surface area contributed by atoms with Crippen LogP contribution in [0.1, 0.15) is 30.7 Å². The van der Waals surface area contributed by atoms with Gasteiger partial charge in [-0.2, -0.15) is 0 Å². The van der Waals surface area contributed by atoms with Gasteiger partial charge in [0.05, 0.1) is 0 Å². The average Bonchev–Trinajstić information content (AvgIpc) is 2.99. The van der Waals surface area contributed by atoms with Crippen molar-refractivity contribution in [3.05, 3.63) is 48.6 Å². The molecule has 1 atom stereocenters. The minimum atomic E-state index is 0.577. The second-order valence-electron chi connectivity index (χ2n) is 3.93. The van der Waals surface area contributed by atoms with Crippen molar-refractivity contribution >= 4 is 0 Å². The first-order valence-corrected chi connectivity index (χ1v) is 5.07. The molecule has 1 unspecified atom stereocenters. The van der Waals surface area contributed by atoms with E-state index in [0.717, 1.165) is 5.92 Å². The predicted molar refractivity (Wildman–Crippen MR) is 56.7 cm³/mol. The van der Waals surface area contributed by atoms with Gasteiger partial charge in [0.2, 0.25) is 0 Å². The largest absolute Gasteiger partial charge is 0.102 e. The predicted octanol–water partition coefficient (Wildman–Crippen LogP) is 3.76. The molecular weight excluding hydrogens is 156 g/mol. The highest BCUT2D eigenvalue weighted by atomic mass is 14.3. The van der Waals surface area contributed by atoms with Gasteiger partial charge in [-0.15, -0.1) is 6.58 Å². The summed E-state index contributed by atoms with van der Waals surface area (Å²) in [5.41, 5.74) is 1.42. The lowest BCUT2D eigenvalue weighted by molar-refractivity contribution is 0.664. The maximum atomic E-state index is 3.92. The smallest absolute Gasteiger partial charge is 0.00179 e.